The number of furan rings is 1. The monoisotopic (exact) mass is 407 g/mol. The van der Waals surface area contributed by atoms with Gasteiger partial charge in [0.05, 0.1) is 28.6 Å². The lowest BCUT2D eigenvalue weighted by Crippen LogP contribution is -2.41. The van der Waals surface area contributed by atoms with Crippen molar-refractivity contribution in [3.05, 3.63) is 64.5 Å². The fraction of sp³-hybridized carbons (Fsp3) is 0.222. The first-order valence-electron chi connectivity index (χ1n) is 8.34. The second kappa shape index (κ2) is 7.41. The zero-order chi connectivity index (χ0) is 21.3. The number of hydrogen-bond acceptors (Lipinski definition) is 5. The van der Waals surface area contributed by atoms with Gasteiger partial charge in [0.2, 0.25) is 0 Å². The van der Waals surface area contributed by atoms with E-state index in [4.69, 9.17) is 4.42 Å². The Labute approximate surface area is 162 Å². The Balaban J connectivity index is 1.72. The molecular weight excluding hydrogens is 391 g/mol. The third-order valence-corrected chi connectivity index (χ3v) is 4.12. The molecular formula is C18H16F3N5O3. The third-order valence-electron chi connectivity index (χ3n) is 4.12. The number of carbonyl (C=O) groups is 2. The number of amides is 2. The van der Waals surface area contributed by atoms with Crippen molar-refractivity contribution in [3.63, 3.8) is 0 Å². The van der Waals surface area contributed by atoms with E-state index in [0.29, 0.717) is 23.4 Å². The molecule has 0 radical (unpaired) electrons. The van der Waals surface area contributed by atoms with E-state index in [1.54, 1.807) is 20.8 Å². The second-order valence-electron chi connectivity index (χ2n) is 6.19. The minimum Gasteiger partial charge on any atom is -0.466 e. The first-order valence-corrected chi connectivity index (χ1v) is 8.34. The number of nitrogens with one attached hydrogen (secondary N) is 2. The number of carbonyl (C=O) groups excluding carboxylic acids is 2. The van der Waals surface area contributed by atoms with E-state index in [2.05, 4.69) is 20.9 Å². The summed E-state index contributed by atoms with van der Waals surface area (Å²) in [6, 6.07) is 3.56. The van der Waals surface area contributed by atoms with E-state index in [0.717, 1.165) is 12.1 Å². The summed E-state index contributed by atoms with van der Waals surface area (Å²) in [4.78, 5) is 28.2. The first kappa shape index (κ1) is 20.1. The Morgan fingerprint density at radius 1 is 1.03 bits per heavy atom. The van der Waals surface area contributed by atoms with Gasteiger partial charge >= 0.3 is 6.18 Å². The molecule has 29 heavy (non-hydrogen) atoms. The number of hydrazine groups is 1. The first-order chi connectivity index (χ1) is 13.6. The van der Waals surface area contributed by atoms with Crippen LogP contribution in [0.1, 0.15) is 43.5 Å². The van der Waals surface area contributed by atoms with E-state index in [9.17, 15) is 22.8 Å². The highest BCUT2D eigenvalue weighted by atomic mass is 19.4. The summed E-state index contributed by atoms with van der Waals surface area (Å²) < 4.78 is 44.4. The molecule has 0 saturated carbocycles. The van der Waals surface area contributed by atoms with Gasteiger partial charge in [-0.3, -0.25) is 20.4 Å². The molecule has 0 bridgehead atoms. The molecule has 0 saturated heterocycles. The summed E-state index contributed by atoms with van der Waals surface area (Å²) >= 11 is 0. The molecule has 0 fully saturated rings. The summed E-state index contributed by atoms with van der Waals surface area (Å²) in [6.07, 6.45) is -2.59. The standard InChI is InChI=1S/C18H16F3N5O3/c1-9-6-13(11(3)29-9)16(27)24-25-17(28)14-8-23-26(10(14)2)15-5-4-12(7-22-15)18(19,20)21/h4-8H,1-3H3,(H,24,27)(H,25,28). The van der Waals surface area contributed by atoms with Gasteiger partial charge < -0.3 is 4.42 Å². The van der Waals surface area contributed by atoms with Crippen molar-refractivity contribution in [2.45, 2.75) is 26.9 Å². The van der Waals surface area contributed by atoms with Gasteiger partial charge in [0, 0.05) is 6.20 Å². The maximum Gasteiger partial charge on any atom is 0.417 e. The van der Waals surface area contributed by atoms with Crippen molar-refractivity contribution in [2.24, 2.45) is 0 Å². The van der Waals surface area contributed by atoms with Crippen molar-refractivity contribution in [2.75, 3.05) is 0 Å². The molecule has 0 unspecified atom stereocenters. The van der Waals surface area contributed by atoms with Crippen molar-refractivity contribution in [3.8, 4) is 5.82 Å². The van der Waals surface area contributed by atoms with Gasteiger partial charge in [0.15, 0.2) is 5.82 Å². The van der Waals surface area contributed by atoms with Crippen LogP contribution in [0.3, 0.4) is 0 Å². The maximum absolute atomic E-state index is 12.7. The summed E-state index contributed by atoms with van der Waals surface area (Å²) in [6.45, 7) is 4.86. The van der Waals surface area contributed by atoms with Gasteiger partial charge in [-0.15, -0.1) is 0 Å². The smallest absolute Gasteiger partial charge is 0.417 e. The van der Waals surface area contributed by atoms with Crippen LogP contribution >= 0.6 is 0 Å². The Hall–Kier alpha value is -3.63. The zero-order valence-corrected chi connectivity index (χ0v) is 15.6. The summed E-state index contributed by atoms with van der Waals surface area (Å²) in [5.74, 6) is -0.121. The molecule has 0 atom stereocenters. The minimum absolute atomic E-state index is 0.114. The van der Waals surface area contributed by atoms with Crippen LogP contribution in [0.25, 0.3) is 5.82 Å². The number of pyridine rings is 1. The molecule has 8 nitrogen and oxygen atoms in total. The van der Waals surface area contributed by atoms with Gasteiger partial charge in [-0.05, 0) is 39.0 Å². The molecule has 3 aromatic rings. The summed E-state index contributed by atoms with van der Waals surface area (Å²) in [5, 5.41) is 3.99. The van der Waals surface area contributed by atoms with E-state index < -0.39 is 23.6 Å². The Morgan fingerprint density at radius 2 is 1.69 bits per heavy atom. The van der Waals surface area contributed by atoms with Gasteiger partial charge in [-0.2, -0.15) is 18.3 Å². The van der Waals surface area contributed by atoms with Gasteiger partial charge in [-0.1, -0.05) is 0 Å². The van der Waals surface area contributed by atoms with E-state index >= 15 is 0 Å². The predicted octanol–water partition coefficient (Wildman–Crippen LogP) is 2.88. The van der Waals surface area contributed by atoms with Crippen molar-refractivity contribution in [1.82, 2.24) is 25.6 Å². The van der Waals surface area contributed by atoms with E-state index in [1.807, 2.05) is 0 Å². The van der Waals surface area contributed by atoms with Crippen LogP contribution in [-0.2, 0) is 6.18 Å². The molecule has 0 aliphatic heterocycles. The van der Waals surface area contributed by atoms with E-state index in [1.165, 1.54) is 16.9 Å². The molecule has 3 rings (SSSR count). The van der Waals surface area contributed by atoms with Crippen LogP contribution in [0.15, 0.2) is 35.0 Å². The van der Waals surface area contributed by atoms with Gasteiger partial charge in [0.1, 0.15) is 11.5 Å². The number of halogens is 3. The topological polar surface area (TPSA) is 102 Å². The number of hydrogen-bond donors (Lipinski definition) is 2. The largest absolute Gasteiger partial charge is 0.466 e. The summed E-state index contributed by atoms with van der Waals surface area (Å²) in [7, 11) is 0. The van der Waals surface area contributed by atoms with Gasteiger partial charge in [-0.25, -0.2) is 9.67 Å². The maximum atomic E-state index is 12.7. The lowest BCUT2D eigenvalue weighted by atomic mass is 10.2. The molecule has 11 heteroatoms. The molecule has 2 amide bonds. The number of aryl methyl sites for hydroxylation is 2. The fourth-order valence-corrected chi connectivity index (χ4v) is 2.65. The highest BCUT2D eigenvalue weighted by Crippen LogP contribution is 2.28. The molecule has 152 valence electrons. The van der Waals surface area contributed by atoms with Crippen LogP contribution in [-0.4, -0.2) is 26.6 Å². The highest BCUT2D eigenvalue weighted by Gasteiger charge is 2.30. The van der Waals surface area contributed by atoms with Crippen molar-refractivity contribution >= 4 is 11.8 Å². The number of rotatable bonds is 3. The number of alkyl halides is 3. The predicted molar refractivity (Wildman–Crippen MR) is 94.2 cm³/mol. The quantitative estimate of drug-likeness (QED) is 0.650. The lowest BCUT2D eigenvalue weighted by Gasteiger charge is -2.09. The summed E-state index contributed by atoms with van der Waals surface area (Å²) in [5.41, 5.74) is 4.38. The van der Waals surface area contributed by atoms with Crippen LogP contribution < -0.4 is 10.9 Å². The second-order valence-corrected chi connectivity index (χ2v) is 6.19. The van der Waals surface area contributed by atoms with E-state index in [-0.39, 0.29) is 16.9 Å². The average molecular weight is 407 g/mol. The third kappa shape index (κ3) is 4.13. The van der Waals surface area contributed by atoms with Crippen molar-refractivity contribution < 1.29 is 27.2 Å². The van der Waals surface area contributed by atoms with Gasteiger partial charge in [0.25, 0.3) is 11.8 Å². The molecule has 0 aliphatic carbocycles. The highest BCUT2D eigenvalue weighted by molar-refractivity contribution is 6.00. The Bertz CT molecular complexity index is 1070. The molecule has 0 aromatic carbocycles. The molecule has 2 N–H and O–H groups in total. The normalized spacial score (nSPS) is 11.4. The molecule has 0 spiro atoms. The Kier molecular flexibility index (Phi) is 5.14. The lowest BCUT2D eigenvalue weighted by molar-refractivity contribution is -0.137. The SMILES string of the molecule is Cc1cc(C(=O)NNC(=O)c2cnn(-c3ccc(C(F)(F)F)cn3)c2C)c(C)o1. The molecule has 3 aromatic heterocycles. The Morgan fingerprint density at radius 3 is 2.21 bits per heavy atom. The van der Waals surface area contributed by atoms with Crippen LogP contribution in [0.5, 0.6) is 0 Å². The molecule has 0 aliphatic rings. The number of aromatic nitrogens is 3. The average Bonchev–Trinajstić information content (AvgIpc) is 3.20. The van der Waals surface area contributed by atoms with Crippen LogP contribution in [0.4, 0.5) is 13.2 Å². The minimum atomic E-state index is -4.50. The van der Waals surface area contributed by atoms with Crippen LogP contribution in [0.2, 0.25) is 0 Å². The number of nitrogens with zero attached hydrogens (tertiary/aromatic N) is 3. The van der Waals surface area contributed by atoms with Crippen molar-refractivity contribution in [1.29, 1.82) is 0 Å². The van der Waals surface area contributed by atoms with Crippen LogP contribution in [0, 0.1) is 20.8 Å². The fourth-order valence-electron chi connectivity index (χ4n) is 2.65. The zero-order valence-electron chi connectivity index (χ0n) is 15.6. The molecule has 3 heterocycles.